The van der Waals surface area contributed by atoms with Crippen LogP contribution in [-0.4, -0.2) is 25.2 Å². The quantitative estimate of drug-likeness (QED) is 0.488. The van der Waals surface area contributed by atoms with Gasteiger partial charge < -0.3 is 10.6 Å². The van der Waals surface area contributed by atoms with Crippen LogP contribution in [0.4, 0.5) is 0 Å². The van der Waals surface area contributed by atoms with E-state index in [0.29, 0.717) is 12.1 Å². The summed E-state index contributed by atoms with van der Waals surface area (Å²) in [6.07, 6.45) is 1.94. The number of nitrogens with one attached hydrogen (secondary N) is 2. The number of rotatable bonds is 1. The van der Waals surface area contributed by atoms with Crippen molar-refractivity contribution in [2.75, 3.05) is 13.1 Å². The van der Waals surface area contributed by atoms with E-state index in [-0.39, 0.29) is 0 Å². The topological polar surface area (TPSA) is 24.1 Å². The predicted molar refractivity (Wildman–Crippen MR) is 39.5 cm³/mol. The Labute approximate surface area is 56.3 Å². The van der Waals surface area contributed by atoms with Crippen LogP contribution in [0.1, 0.15) is 6.92 Å². The van der Waals surface area contributed by atoms with Crippen molar-refractivity contribution in [1.29, 1.82) is 0 Å². The summed E-state index contributed by atoms with van der Waals surface area (Å²) in [5.41, 5.74) is 0. The highest BCUT2D eigenvalue weighted by molar-refractivity contribution is 4.91. The second-order valence-electron chi connectivity index (χ2n) is 2.56. The fourth-order valence-corrected chi connectivity index (χ4v) is 0.967. The molecule has 1 heterocycles. The minimum absolute atomic E-state index is 0.473. The normalized spacial score (nSPS) is 36.1. The second-order valence-corrected chi connectivity index (χ2v) is 2.56. The highest BCUT2D eigenvalue weighted by Gasteiger charge is 2.12. The van der Waals surface area contributed by atoms with Crippen LogP contribution in [0.2, 0.25) is 0 Å². The Bertz CT molecular complexity index is 93.1. The molecule has 0 aromatic rings. The molecule has 0 saturated carbocycles. The van der Waals surface area contributed by atoms with Crippen molar-refractivity contribution >= 4 is 0 Å². The van der Waals surface area contributed by atoms with Gasteiger partial charge in [0.15, 0.2) is 0 Å². The first-order valence-corrected chi connectivity index (χ1v) is 3.42. The molecular formula is C7H14N2. The van der Waals surface area contributed by atoms with Crippen molar-refractivity contribution in [1.82, 2.24) is 10.6 Å². The molecule has 1 aliphatic rings. The van der Waals surface area contributed by atoms with Gasteiger partial charge in [-0.1, -0.05) is 6.08 Å². The minimum atomic E-state index is 0.473. The SMILES string of the molecule is C=C[C@@H]1CN[C@H](C)CN1. The molecule has 2 atom stereocenters. The van der Waals surface area contributed by atoms with Gasteiger partial charge in [0.25, 0.3) is 0 Å². The van der Waals surface area contributed by atoms with Gasteiger partial charge in [-0.2, -0.15) is 0 Å². The van der Waals surface area contributed by atoms with Crippen LogP contribution in [0.25, 0.3) is 0 Å². The van der Waals surface area contributed by atoms with Crippen LogP contribution < -0.4 is 10.6 Å². The molecule has 1 aliphatic heterocycles. The van der Waals surface area contributed by atoms with Crippen molar-refractivity contribution in [3.63, 3.8) is 0 Å². The van der Waals surface area contributed by atoms with Gasteiger partial charge in [-0.05, 0) is 6.92 Å². The Morgan fingerprint density at radius 3 is 2.67 bits per heavy atom. The van der Waals surface area contributed by atoms with E-state index in [1.807, 2.05) is 6.08 Å². The van der Waals surface area contributed by atoms with Gasteiger partial charge in [-0.3, -0.25) is 0 Å². The maximum Gasteiger partial charge on any atom is 0.0374 e. The first-order chi connectivity index (χ1) is 4.33. The zero-order chi connectivity index (χ0) is 6.69. The van der Waals surface area contributed by atoms with E-state index in [1.165, 1.54) is 0 Å². The number of hydrogen-bond donors (Lipinski definition) is 2. The van der Waals surface area contributed by atoms with Gasteiger partial charge in [-0.25, -0.2) is 0 Å². The first-order valence-electron chi connectivity index (χ1n) is 3.42. The second kappa shape index (κ2) is 2.99. The molecule has 0 spiro atoms. The summed E-state index contributed by atoms with van der Waals surface area (Å²) in [7, 11) is 0. The Morgan fingerprint density at radius 1 is 1.44 bits per heavy atom. The third-order valence-electron chi connectivity index (χ3n) is 1.66. The molecule has 2 nitrogen and oxygen atoms in total. The van der Waals surface area contributed by atoms with E-state index in [4.69, 9.17) is 0 Å². The smallest absolute Gasteiger partial charge is 0.0374 e. The lowest BCUT2D eigenvalue weighted by molar-refractivity contribution is 0.397. The summed E-state index contributed by atoms with van der Waals surface area (Å²) < 4.78 is 0. The molecule has 9 heavy (non-hydrogen) atoms. The molecule has 2 N–H and O–H groups in total. The van der Waals surface area contributed by atoms with Gasteiger partial charge in [0.1, 0.15) is 0 Å². The van der Waals surface area contributed by atoms with Gasteiger partial charge in [0, 0.05) is 25.2 Å². The monoisotopic (exact) mass is 126 g/mol. The van der Waals surface area contributed by atoms with Gasteiger partial charge >= 0.3 is 0 Å². The number of hydrogen-bond acceptors (Lipinski definition) is 2. The standard InChI is InChI=1S/C7H14N2/c1-3-7-5-8-6(2)4-9-7/h3,6-9H,1,4-5H2,2H3/t6-,7-/m1/s1. The molecule has 0 aromatic heterocycles. The van der Waals surface area contributed by atoms with Gasteiger partial charge in [0.05, 0.1) is 0 Å². The predicted octanol–water partition coefficient (Wildman–Crippen LogP) is 0.122. The average Bonchev–Trinajstić information content (AvgIpc) is 1.90. The maximum absolute atomic E-state index is 3.71. The summed E-state index contributed by atoms with van der Waals surface area (Å²) in [5, 5.41) is 6.69. The van der Waals surface area contributed by atoms with Crippen LogP contribution >= 0.6 is 0 Å². The summed E-state index contributed by atoms with van der Waals surface area (Å²) in [4.78, 5) is 0. The van der Waals surface area contributed by atoms with Crippen molar-refractivity contribution < 1.29 is 0 Å². The molecule has 0 amide bonds. The third kappa shape index (κ3) is 1.80. The summed E-state index contributed by atoms with van der Waals surface area (Å²) in [6, 6.07) is 1.09. The molecular weight excluding hydrogens is 112 g/mol. The fourth-order valence-electron chi connectivity index (χ4n) is 0.967. The van der Waals surface area contributed by atoms with Crippen molar-refractivity contribution in [2.24, 2.45) is 0 Å². The van der Waals surface area contributed by atoms with E-state index < -0.39 is 0 Å². The molecule has 52 valence electrons. The summed E-state index contributed by atoms with van der Waals surface area (Å²) >= 11 is 0. The summed E-state index contributed by atoms with van der Waals surface area (Å²) in [5.74, 6) is 0. The van der Waals surface area contributed by atoms with Crippen LogP contribution in [0.15, 0.2) is 12.7 Å². The minimum Gasteiger partial charge on any atom is -0.311 e. The Morgan fingerprint density at radius 2 is 2.22 bits per heavy atom. The number of piperazine rings is 1. The molecule has 1 rings (SSSR count). The molecule has 0 radical (unpaired) electrons. The van der Waals surface area contributed by atoms with Gasteiger partial charge in [0.2, 0.25) is 0 Å². The lowest BCUT2D eigenvalue weighted by atomic mass is 10.2. The molecule has 0 aromatic carbocycles. The zero-order valence-electron chi connectivity index (χ0n) is 5.85. The van der Waals surface area contributed by atoms with Crippen LogP contribution in [0, 0.1) is 0 Å². The molecule has 0 bridgehead atoms. The Balaban J connectivity index is 2.26. The lowest BCUT2D eigenvalue weighted by Crippen LogP contribution is -2.52. The molecule has 2 heteroatoms. The van der Waals surface area contributed by atoms with E-state index in [2.05, 4.69) is 24.1 Å². The van der Waals surface area contributed by atoms with E-state index in [0.717, 1.165) is 13.1 Å². The van der Waals surface area contributed by atoms with Crippen molar-refractivity contribution in [2.45, 2.75) is 19.0 Å². The molecule has 0 aliphatic carbocycles. The van der Waals surface area contributed by atoms with E-state index >= 15 is 0 Å². The van der Waals surface area contributed by atoms with Gasteiger partial charge in [-0.15, -0.1) is 6.58 Å². The van der Waals surface area contributed by atoms with Crippen molar-refractivity contribution in [3.8, 4) is 0 Å². The van der Waals surface area contributed by atoms with E-state index in [1.54, 1.807) is 0 Å². The highest BCUT2D eigenvalue weighted by atomic mass is 15.1. The fraction of sp³-hybridized carbons (Fsp3) is 0.714. The highest BCUT2D eigenvalue weighted by Crippen LogP contribution is 1.91. The maximum atomic E-state index is 3.71. The zero-order valence-corrected chi connectivity index (χ0v) is 5.85. The Kier molecular flexibility index (Phi) is 2.25. The first kappa shape index (κ1) is 6.78. The van der Waals surface area contributed by atoms with E-state index in [9.17, 15) is 0 Å². The lowest BCUT2D eigenvalue weighted by Gasteiger charge is -2.26. The molecule has 1 fully saturated rings. The Hall–Kier alpha value is -0.340. The van der Waals surface area contributed by atoms with Crippen LogP contribution in [0.5, 0.6) is 0 Å². The summed E-state index contributed by atoms with van der Waals surface area (Å²) in [6.45, 7) is 7.95. The molecule has 1 saturated heterocycles. The molecule has 0 unspecified atom stereocenters. The third-order valence-corrected chi connectivity index (χ3v) is 1.66. The largest absolute Gasteiger partial charge is 0.311 e. The average molecular weight is 126 g/mol. The van der Waals surface area contributed by atoms with Crippen LogP contribution in [0.3, 0.4) is 0 Å². The van der Waals surface area contributed by atoms with Crippen LogP contribution in [-0.2, 0) is 0 Å². The van der Waals surface area contributed by atoms with Crippen molar-refractivity contribution in [3.05, 3.63) is 12.7 Å².